The summed E-state index contributed by atoms with van der Waals surface area (Å²) in [5, 5.41) is 19.1. The zero-order chi connectivity index (χ0) is 13.4. The van der Waals surface area contributed by atoms with E-state index in [0.717, 1.165) is 11.3 Å². The minimum atomic E-state index is -0.794. The third-order valence-corrected chi connectivity index (χ3v) is 3.70. The first-order valence-electron chi connectivity index (χ1n) is 6.25. The van der Waals surface area contributed by atoms with Crippen molar-refractivity contribution in [1.29, 1.82) is 0 Å². The number of hydrogen-bond acceptors (Lipinski definition) is 3. The average molecular weight is 249 g/mol. The molecule has 0 fully saturated rings. The van der Waals surface area contributed by atoms with Gasteiger partial charge >= 0.3 is 5.97 Å². The lowest BCUT2D eigenvalue weighted by Gasteiger charge is -2.33. The Labute approximate surface area is 107 Å². The predicted octanol–water partition coefficient (Wildman–Crippen LogP) is 2.25. The largest absolute Gasteiger partial charge is 0.508 e. The van der Waals surface area contributed by atoms with Crippen LogP contribution in [0, 0.1) is 5.92 Å². The van der Waals surface area contributed by atoms with Gasteiger partial charge in [-0.1, -0.05) is 6.07 Å². The van der Waals surface area contributed by atoms with Gasteiger partial charge in [-0.15, -0.1) is 0 Å². The Morgan fingerprint density at radius 3 is 2.61 bits per heavy atom. The van der Waals surface area contributed by atoms with Crippen LogP contribution in [0.2, 0.25) is 0 Å². The average Bonchev–Trinajstić information content (AvgIpc) is 2.68. The fourth-order valence-electron chi connectivity index (χ4n) is 2.74. The third-order valence-electron chi connectivity index (χ3n) is 3.70. The van der Waals surface area contributed by atoms with Crippen molar-refractivity contribution >= 4 is 11.7 Å². The van der Waals surface area contributed by atoms with Crippen LogP contribution in [0.1, 0.15) is 26.3 Å². The molecule has 4 nitrogen and oxygen atoms in total. The quantitative estimate of drug-likeness (QED) is 0.862. The van der Waals surface area contributed by atoms with E-state index in [0.29, 0.717) is 6.42 Å². The van der Waals surface area contributed by atoms with Gasteiger partial charge in [0.05, 0.1) is 5.92 Å². The summed E-state index contributed by atoms with van der Waals surface area (Å²) < 4.78 is 0. The second kappa shape index (κ2) is 4.52. The molecule has 2 unspecified atom stereocenters. The van der Waals surface area contributed by atoms with Crippen molar-refractivity contribution in [3.63, 3.8) is 0 Å². The van der Waals surface area contributed by atoms with E-state index in [1.165, 1.54) is 0 Å². The standard InChI is InChI=1S/C14H19NO3/c1-8(2)15-11-5-4-6-13(16)10(11)7-12(15)9(3)14(17)18/h4-6,8-9,12,16H,7H2,1-3H3,(H,17,18). The maximum Gasteiger partial charge on any atom is 0.308 e. The van der Waals surface area contributed by atoms with E-state index in [2.05, 4.69) is 4.90 Å². The molecule has 2 atom stereocenters. The molecule has 4 heteroatoms. The Balaban J connectivity index is 2.43. The smallest absolute Gasteiger partial charge is 0.308 e. The Kier molecular flexibility index (Phi) is 3.20. The van der Waals surface area contributed by atoms with Crippen molar-refractivity contribution in [2.75, 3.05) is 4.90 Å². The Bertz CT molecular complexity index is 470. The number of fused-ring (bicyclic) bond motifs is 1. The first-order chi connectivity index (χ1) is 8.43. The molecule has 0 spiro atoms. The number of aliphatic carboxylic acids is 1. The lowest BCUT2D eigenvalue weighted by molar-refractivity contribution is -0.141. The summed E-state index contributed by atoms with van der Waals surface area (Å²) in [6.45, 7) is 5.81. The number of phenolic OH excluding ortho intramolecular Hbond substituents is 1. The van der Waals surface area contributed by atoms with E-state index in [1.807, 2.05) is 19.9 Å². The predicted molar refractivity (Wildman–Crippen MR) is 70.0 cm³/mol. The van der Waals surface area contributed by atoms with Crippen LogP contribution in [0.5, 0.6) is 5.75 Å². The van der Waals surface area contributed by atoms with E-state index < -0.39 is 11.9 Å². The van der Waals surface area contributed by atoms with Crippen LogP contribution in [0.25, 0.3) is 0 Å². The summed E-state index contributed by atoms with van der Waals surface area (Å²) in [5.41, 5.74) is 1.83. The highest BCUT2D eigenvalue weighted by molar-refractivity contribution is 5.74. The van der Waals surface area contributed by atoms with E-state index in [1.54, 1.807) is 19.1 Å². The summed E-state index contributed by atoms with van der Waals surface area (Å²) >= 11 is 0. The number of anilines is 1. The summed E-state index contributed by atoms with van der Waals surface area (Å²) in [6, 6.07) is 5.53. The lowest BCUT2D eigenvalue weighted by atomic mass is 9.97. The summed E-state index contributed by atoms with van der Waals surface area (Å²) in [5.74, 6) is -0.990. The molecule has 0 radical (unpaired) electrons. The van der Waals surface area contributed by atoms with E-state index in [9.17, 15) is 15.0 Å². The molecule has 1 heterocycles. The first-order valence-corrected chi connectivity index (χ1v) is 6.25. The highest BCUT2D eigenvalue weighted by Gasteiger charge is 2.38. The molecule has 1 aromatic carbocycles. The second-order valence-electron chi connectivity index (χ2n) is 5.17. The number of carboxylic acids is 1. The van der Waals surface area contributed by atoms with Crippen molar-refractivity contribution in [1.82, 2.24) is 0 Å². The summed E-state index contributed by atoms with van der Waals surface area (Å²) in [4.78, 5) is 13.3. The Morgan fingerprint density at radius 1 is 1.39 bits per heavy atom. The molecule has 1 aliphatic rings. The van der Waals surface area contributed by atoms with Crippen LogP contribution in [-0.4, -0.2) is 28.3 Å². The molecule has 1 aromatic rings. The first kappa shape index (κ1) is 12.7. The van der Waals surface area contributed by atoms with Gasteiger partial charge in [-0.25, -0.2) is 0 Å². The fraction of sp³-hybridized carbons (Fsp3) is 0.500. The highest BCUT2D eigenvalue weighted by atomic mass is 16.4. The van der Waals surface area contributed by atoms with Gasteiger partial charge < -0.3 is 15.1 Å². The van der Waals surface area contributed by atoms with Crippen LogP contribution in [0.3, 0.4) is 0 Å². The van der Waals surface area contributed by atoms with E-state index in [4.69, 9.17) is 0 Å². The maximum absolute atomic E-state index is 11.2. The molecule has 98 valence electrons. The van der Waals surface area contributed by atoms with Gasteiger partial charge in [0.25, 0.3) is 0 Å². The zero-order valence-electron chi connectivity index (χ0n) is 10.9. The minimum absolute atomic E-state index is 0.0919. The number of aromatic hydroxyl groups is 1. The van der Waals surface area contributed by atoms with Crippen molar-refractivity contribution in [2.24, 2.45) is 5.92 Å². The molecule has 0 saturated heterocycles. The molecule has 0 bridgehead atoms. The monoisotopic (exact) mass is 249 g/mol. The molecular formula is C14H19NO3. The van der Waals surface area contributed by atoms with Gasteiger partial charge in [0, 0.05) is 23.3 Å². The molecular weight excluding hydrogens is 230 g/mol. The molecule has 0 amide bonds. The normalized spacial score (nSPS) is 20.0. The highest BCUT2D eigenvalue weighted by Crippen LogP contribution is 2.40. The summed E-state index contributed by atoms with van der Waals surface area (Å²) in [7, 11) is 0. The van der Waals surface area contributed by atoms with Crippen LogP contribution >= 0.6 is 0 Å². The molecule has 1 aliphatic heterocycles. The van der Waals surface area contributed by atoms with E-state index in [-0.39, 0.29) is 17.8 Å². The molecule has 0 aromatic heterocycles. The van der Waals surface area contributed by atoms with E-state index >= 15 is 0 Å². The second-order valence-corrected chi connectivity index (χ2v) is 5.17. The van der Waals surface area contributed by atoms with Gasteiger partial charge in [-0.3, -0.25) is 4.79 Å². The fourth-order valence-corrected chi connectivity index (χ4v) is 2.74. The summed E-state index contributed by atoms with van der Waals surface area (Å²) in [6.07, 6.45) is 0.591. The molecule has 0 saturated carbocycles. The van der Waals surface area contributed by atoms with Gasteiger partial charge in [-0.05, 0) is 39.3 Å². The van der Waals surface area contributed by atoms with Gasteiger partial charge in [0.1, 0.15) is 5.75 Å². The maximum atomic E-state index is 11.2. The molecule has 0 aliphatic carbocycles. The van der Waals surface area contributed by atoms with Crippen molar-refractivity contribution < 1.29 is 15.0 Å². The number of phenols is 1. The van der Waals surface area contributed by atoms with Gasteiger partial charge in [-0.2, -0.15) is 0 Å². The molecule has 2 N–H and O–H groups in total. The number of benzene rings is 1. The topological polar surface area (TPSA) is 60.8 Å². The molecule has 18 heavy (non-hydrogen) atoms. The van der Waals surface area contributed by atoms with Crippen LogP contribution in [0.4, 0.5) is 5.69 Å². The van der Waals surface area contributed by atoms with Crippen molar-refractivity contribution in [3.8, 4) is 5.75 Å². The van der Waals surface area contributed by atoms with Gasteiger partial charge in [0.15, 0.2) is 0 Å². The Hall–Kier alpha value is -1.71. The number of hydrogen-bond donors (Lipinski definition) is 2. The van der Waals surface area contributed by atoms with Crippen LogP contribution in [0.15, 0.2) is 18.2 Å². The number of carboxylic acid groups (broad SMARTS) is 1. The SMILES string of the molecule is CC(C(=O)O)C1Cc2c(O)cccc2N1C(C)C. The minimum Gasteiger partial charge on any atom is -0.508 e. The van der Waals surface area contributed by atoms with Crippen molar-refractivity contribution in [2.45, 2.75) is 39.3 Å². The number of carbonyl (C=O) groups is 1. The zero-order valence-corrected chi connectivity index (χ0v) is 10.9. The molecule has 2 rings (SSSR count). The Morgan fingerprint density at radius 2 is 2.06 bits per heavy atom. The van der Waals surface area contributed by atoms with Crippen LogP contribution in [-0.2, 0) is 11.2 Å². The number of rotatable bonds is 3. The lowest BCUT2D eigenvalue weighted by Crippen LogP contribution is -2.44. The van der Waals surface area contributed by atoms with Crippen molar-refractivity contribution in [3.05, 3.63) is 23.8 Å². The third kappa shape index (κ3) is 1.92. The van der Waals surface area contributed by atoms with Crippen LogP contribution < -0.4 is 4.90 Å². The van der Waals surface area contributed by atoms with Gasteiger partial charge in [0.2, 0.25) is 0 Å². The number of nitrogens with zero attached hydrogens (tertiary/aromatic N) is 1.